The van der Waals surface area contributed by atoms with Crippen LogP contribution in [0.25, 0.3) is 11.3 Å². The van der Waals surface area contributed by atoms with Gasteiger partial charge in [-0.25, -0.2) is 5.01 Å². The highest BCUT2D eigenvalue weighted by Crippen LogP contribution is 2.37. The molecule has 0 amide bonds. The van der Waals surface area contributed by atoms with Crippen molar-refractivity contribution < 1.29 is 13.2 Å². The van der Waals surface area contributed by atoms with Gasteiger partial charge in [-0.15, -0.1) is 10.2 Å². The molecule has 0 fully saturated rings. The van der Waals surface area contributed by atoms with Crippen molar-refractivity contribution in [2.45, 2.75) is 18.6 Å². The monoisotopic (exact) mass is 478 g/mol. The zero-order valence-electron chi connectivity index (χ0n) is 17.7. The standard InChI is InChI=1S/C26H18ClF3N4/c27-21-12-8-18(9-13-21)23-16-24(19-6-10-20(11-7-19)26(28,29)30)34(33-23)25-15-14-22(31-32-25)17-4-2-1-3-5-17/h1-15,24H,16H2. The van der Waals surface area contributed by atoms with E-state index in [1.54, 1.807) is 17.1 Å². The van der Waals surface area contributed by atoms with Crippen LogP contribution in [0.4, 0.5) is 19.0 Å². The van der Waals surface area contributed by atoms with Gasteiger partial charge in [-0.3, -0.25) is 0 Å². The molecular weight excluding hydrogens is 461 g/mol. The molecule has 0 aliphatic carbocycles. The largest absolute Gasteiger partial charge is 0.416 e. The predicted octanol–water partition coefficient (Wildman–Crippen LogP) is 7.17. The van der Waals surface area contributed by atoms with E-state index in [0.29, 0.717) is 22.8 Å². The van der Waals surface area contributed by atoms with Gasteiger partial charge in [-0.05, 0) is 47.5 Å². The van der Waals surface area contributed by atoms with Crippen LogP contribution in [-0.4, -0.2) is 15.9 Å². The minimum atomic E-state index is -4.39. The smallest absolute Gasteiger partial charge is 0.238 e. The molecular formula is C26H18ClF3N4. The lowest BCUT2D eigenvalue weighted by Crippen LogP contribution is -2.20. The Bertz CT molecular complexity index is 1300. The number of halogens is 4. The lowest BCUT2D eigenvalue weighted by Gasteiger charge is -2.23. The Morgan fingerprint density at radius 2 is 1.47 bits per heavy atom. The summed E-state index contributed by atoms with van der Waals surface area (Å²) in [4.78, 5) is 0. The molecule has 1 atom stereocenters. The number of nitrogens with zero attached hydrogens (tertiary/aromatic N) is 4. The average Bonchev–Trinajstić information content (AvgIpc) is 3.30. The van der Waals surface area contributed by atoms with E-state index in [2.05, 4.69) is 10.2 Å². The topological polar surface area (TPSA) is 41.4 Å². The molecule has 4 nitrogen and oxygen atoms in total. The molecule has 170 valence electrons. The number of benzene rings is 3. The molecule has 5 rings (SSSR count). The van der Waals surface area contributed by atoms with Crippen molar-refractivity contribution >= 4 is 23.1 Å². The summed E-state index contributed by atoms with van der Waals surface area (Å²) in [6, 6.07) is 25.5. The summed E-state index contributed by atoms with van der Waals surface area (Å²) in [6.07, 6.45) is -3.90. The van der Waals surface area contributed by atoms with Crippen molar-refractivity contribution in [1.82, 2.24) is 10.2 Å². The van der Waals surface area contributed by atoms with E-state index in [-0.39, 0.29) is 6.04 Å². The van der Waals surface area contributed by atoms with E-state index >= 15 is 0 Å². The molecule has 0 bridgehead atoms. The van der Waals surface area contributed by atoms with Crippen LogP contribution in [0, 0.1) is 0 Å². The zero-order valence-corrected chi connectivity index (χ0v) is 18.5. The summed E-state index contributed by atoms with van der Waals surface area (Å²) in [5.74, 6) is 0.508. The van der Waals surface area contributed by atoms with Crippen molar-refractivity contribution in [2.24, 2.45) is 5.10 Å². The fraction of sp³-hybridized carbons (Fsp3) is 0.115. The Morgan fingerprint density at radius 1 is 0.765 bits per heavy atom. The van der Waals surface area contributed by atoms with Gasteiger partial charge in [0.15, 0.2) is 5.82 Å². The minimum Gasteiger partial charge on any atom is -0.238 e. The highest BCUT2D eigenvalue weighted by atomic mass is 35.5. The van der Waals surface area contributed by atoms with Crippen LogP contribution in [0.3, 0.4) is 0 Å². The second-order valence-corrected chi connectivity index (χ2v) is 8.32. The molecule has 0 saturated heterocycles. The molecule has 1 unspecified atom stereocenters. The molecule has 1 aromatic heterocycles. The van der Waals surface area contributed by atoms with Crippen molar-refractivity contribution in [3.8, 4) is 11.3 Å². The molecule has 2 heterocycles. The third kappa shape index (κ3) is 4.52. The second kappa shape index (κ2) is 8.91. The Balaban J connectivity index is 1.50. The van der Waals surface area contributed by atoms with E-state index in [4.69, 9.17) is 16.7 Å². The number of alkyl halides is 3. The molecule has 0 radical (unpaired) electrons. The first-order valence-electron chi connectivity index (χ1n) is 10.6. The van der Waals surface area contributed by atoms with Crippen molar-refractivity contribution in [3.05, 3.63) is 113 Å². The van der Waals surface area contributed by atoms with Crippen LogP contribution in [-0.2, 0) is 6.18 Å². The maximum Gasteiger partial charge on any atom is 0.416 e. The number of hydrogen-bond donors (Lipinski definition) is 0. The molecule has 4 aromatic rings. The van der Waals surface area contributed by atoms with Crippen LogP contribution in [0.5, 0.6) is 0 Å². The molecule has 8 heteroatoms. The van der Waals surface area contributed by atoms with E-state index in [1.807, 2.05) is 54.6 Å². The van der Waals surface area contributed by atoms with Gasteiger partial charge in [0.05, 0.1) is 23.0 Å². The molecule has 0 spiro atoms. The number of hydrogen-bond acceptors (Lipinski definition) is 4. The normalized spacial score (nSPS) is 15.9. The summed E-state index contributed by atoms with van der Waals surface area (Å²) >= 11 is 6.02. The first-order chi connectivity index (χ1) is 16.4. The van der Waals surface area contributed by atoms with Crippen molar-refractivity contribution in [1.29, 1.82) is 0 Å². The predicted molar refractivity (Wildman–Crippen MR) is 127 cm³/mol. The fourth-order valence-electron chi connectivity index (χ4n) is 3.90. The number of aromatic nitrogens is 2. The number of anilines is 1. The quantitative estimate of drug-likeness (QED) is 0.312. The van der Waals surface area contributed by atoms with Gasteiger partial charge in [-0.1, -0.05) is 66.2 Å². The minimum absolute atomic E-state index is 0.329. The lowest BCUT2D eigenvalue weighted by molar-refractivity contribution is -0.137. The maximum atomic E-state index is 13.1. The molecule has 0 N–H and O–H groups in total. The lowest BCUT2D eigenvalue weighted by atomic mass is 9.97. The highest BCUT2D eigenvalue weighted by molar-refractivity contribution is 6.30. The van der Waals surface area contributed by atoms with Gasteiger partial charge in [0.2, 0.25) is 0 Å². The summed E-state index contributed by atoms with van der Waals surface area (Å²) < 4.78 is 39.2. The Labute approximate surface area is 199 Å². The SMILES string of the molecule is FC(F)(F)c1ccc(C2CC(c3ccc(Cl)cc3)=NN2c2ccc(-c3ccccc3)nn2)cc1. The third-order valence-corrected chi connectivity index (χ3v) is 5.92. The Kier molecular flexibility index (Phi) is 5.79. The molecule has 1 aliphatic rings. The van der Waals surface area contributed by atoms with E-state index in [9.17, 15) is 13.2 Å². The maximum absolute atomic E-state index is 13.1. The summed E-state index contributed by atoms with van der Waals surface area (Å²) in [6.45, 7) is 0. The Hall–Kier alpha value is -3.71. The summed E-state index contributed by atoms with van der Waals surface area (Å²) in [5, 5.41) is 15.8. The van der Waals surface area contributed by atoms with E-state index in [0.717, 1.165) is 34.7 Å². The van der Waals surface area contributed by atoms with Crippen LogP contribution < -0.4 is 5.01 Å². The van der Waals surface area contributed by atoms with E-state index < -0.39 is 11.7 Å². The molecule has 1 aliphatic heterocycles. The van der Waals surface area contributed by atoms with Crippen molar-refractivity contribution in [2.75, 3.05) is 5.01 Å². The van der Waals surface area contributed by atoms with Crippen LogP contribution in [0.2, 0.25) is 5.02 Å². The summed E-state index contributed by atoms with van der Waals surface area (Å²) in [7, 11) is 0. The molecule has 3 aromatic carbocycles. The van der Waals surface area contributed by atoms with Gasteiger partial charge in [0.1, 0.15) is 0 Å². The number of hydrazone groups is 1. The van der Waals surface area contributed by atoms with Gasteiger partial charge < -0.3 is 0 Å². The molecule has 0 saturated carbocycles. The zero-order chi connectivity index (χ0) is 23.7. The average molecular weight is 479 g/mol. The first kappa shape index (κ1) is 22.1. The number of rotatable bonds is 4. The fourth-order valence-corrected chi connectivity index (χ4v) is 4.03. The van der Waals surface area contributed by atoms with Gasteiger partial charge >= 0.3 is 6.18 Å². The molecule has 34 heavy (non-hydrogen) atoms. The van der Waals surface area contributed by atoms with Gasteiger partial charge in [0, 0.05) is 17.0 Å². The van der Waals surface area contributed by atoms with Gasteiger partial charge in [-0.2, -0.15) is 18.3 Å². The van der Waals surface area contributed by atoms with E-state index in [1.165, 1.54) is 12.1 Å². The second-order valence-electron chi connectivity index (χ2n) is 7.88. The first-order valence-corrected chi connectivity index (χ1v) is 11.0. The van der Waals surface area contributed by atoms with Crippen LogP contribution in [0.1, 0.15) is 29.2 Å². The highest BCUT2D eigenvalue weighted by Gasteiger charge is 2.33. The third-order valence-electron chi connectivity index (χ3n) is 5.67. The summed E-state index contributed by atoms with van der Waals surface area (Å²) in [5.41, 5.74) is 3.35. The van der Waals surface area contributed by atoms with Crippen molar-refractivity contribution in [3.63, 3.8) is 0 Å². The Morgan fingerprint density at radius 3 is 2.09 bits per heavy atom. The van der Waals surface area contributed by atoms with Gasteiger partial charge in [0.25, 0.3) is 0 Å². The van der Waals surface area contributed by atoms with Crippen LogP contribution in [0.15, 0.2) is 96.1 Å². The van der Waals surface area contributed by atoms with Crippen LogP contribution >= 0.6 is 11.6 Å².